The Bertz CT molecular complexity index is 391. The summed E-state index contributed by atoms with van der Waals surface area (Å²) in [7, 11) is 2.03. The minimum atomic E-state index is -0.554. The van der Waals surface area contributed by atoms with E-state index in [-0.39, 0.29) is 5.75 Å². The summed E-state index contributed by atoms with van der Waals surface area (Å²) in [5.41, 5.74) is 0.879. The van der Waals surface area contributed by atoms with Gasteiger partial charge >= 0.3 is 0 Å². The minimum Gasteiger partial charge on any atom is -0.505 e. The summed E-state index contributed by atoms with van der Waals surface area (Å²) in [5.74, 6) is -0.269. The standard InChI is InChI=1S/C14H20FNO2/c1-16(9-12-3-2-6-18-10-12)8-11-4-5-14(17)13(15)7-11/h4-5,7,12,17H,2-3,6,8-10H2,1H3. The number of benzene rings is 1. The van der Waals surface area contributed by atoms with E-state index in [0.29, 0.717) is 12.5 Å². The topological polar surface area (TPSA) is 32.7 Å². The molecule has 0 spiro atoms. The summed E-state index contributed by atoms with van der Waals surface area (Å²) in [6.45, 7) is 3.36. The number of hydrogen-bond acceptors (Lipinski definition) is 3. The van der Waals surface area contributed by atoms with Gasteiger partial charge < -0.3 is 14.7 Å². The van der Waals surface area contributed by atoms with Crippen LogP contribution in [0, 0.1) is 11.7 Å². The minimum absolute atomic E-state index is 0.290. The van der Waals surface area contributed by atoms with Crippen molar-refractivity contribution >= 4 is 0 Å². The highest BCUT2D eigenvalue weighted by molar-refractivity contribution is 5.27. The fourth-order valence-electron chi connectivity index (χ4n) is 2.42. The molecule has 0 bridgehead atoms. The van der Waals surface area contributed by atoms with Crippen LogP contribution in [0.3, 0.4) is 0 Å². The first-order valence-corrected chi connectivity index (χ1v) is 6.39. The Morgan fingerprint density at radius 3 is 3.00 bits per heavy atom. The van der Waals surface area contributed by atoms with Crippen LogP contribution in [0.2, 0.25) is 0 Å². The molecule has 2 rings (SSSR count). The molecular formula is C14H20FNO2. The molecule has 0 aromatic heterocycles. The van der Waals surface area contributed by atoms with Crippen molar-refractivity contribution in [2.75, 3.05) is 26.8 Å². The van der Waals surface area contributed by atoms with Crippen molar-refractivity contribution < 1.29 is 14.2 Å². The van der Waals surface area contributed by atoms with Gasteiger partial charge in [0.15, 0.2) is 11.6 Å². The van der Waals surface area contributed by atoms with Crippen molar-refractivity contribution in [3.05, 3.63) is 29.6 Å². The smallest absolute Gasteiger partial charge is 0.165 e. The number of phenols is 1. The molecule has 0 saturated carbocycles. The maximum Gasteiger partial charge on any atom is 0.165 e. The van der Waals surface area contributed by atoms with E-state index in [0.717, 1.165) is 31.7 Å². The first-order valence-electron chi connectivity index (χ1n) is 6.39. The normalized spacial score (nSPS) is 20.3. The molecule has 1 N–H and O–H groups in total. The molecule has 3 nitrogen and oxygen atoms in total. The number of rotatable bonds is 4. The molecular weight excluding hydrogens is 233 g/mol. The van der Waals surface area contributed by atoms with E-state index in [1.54, 1.807) is 6.07 Å². The molecule has 0 amide bonds. The lowest BCUT2D eigenvalue weighted by molar-refractivity contribution is 0.0411. The van der Waals surface area contributed by atoms with E-state index < -0.39 is 5.82 Å². The van der Waals surface area contributed by atoms with Crippen molar-refractivity contribution in [3.8, 4) is 5.75 Å². The molecule has 1 aromatic carbocycles. The highest BCUT2D eigenvalue weighted by atomic mass is 19.1. The number of aromatic hydroxyl groups is 1. The highest BCUT2D eigenvalue weighted by Crippen LogP contribution is 2.19. The Labute approximate surface area is 107 Å². The van der Waals surface area contributed by atoms with E-state index in [2.05, 4.69) is 4.90 Å². The fourth-order valence-corrected chi connectivity index (χ4v) is 2.42. The molecule has 100 valence electrons. The Balaban J connectivity index is 1.85. The SMILES string of the molecule is CN(Cc1ccc(O)c(F)c1)CC1CCCOC1. The van der Waals surface area contributed by atoms with Crippen molar-refractivity contribution in [2.45, 2.75) is 19.4 Å². The van der Waals surface area contributed by atoms with Crippen LogP contribution in [0.15, 0.2) is 18.2 Å². The first kappa shape index (κ1) is 13.3. The Morgan fingerprint density at radius 2 is 2.33 bits per heavy atom. The maximum absolute atomic E-state index is 13.2. The van der Waals surface area contributed by atoms with E-state index >= 15 is 0 Å². The van der Waals surface area contributed by atoms with Gasteiger partial charge in [0.2, 0.25) is 0 Å². The fraction of sp³-hybridized carbons (Fsp3) is 0.571. The van der Waals surface area contributed by atoms with Crippen LogP contribution < -0.4 is 0 Å². The van der Waals surface area contributed by atoms with Crippen molar-refractivity contribution in [1.29, 1.82) is 0 Å². The summed E-state index contributed by atoms with van der Waals surface area (Å²) < 4.78 is 18.6. The molecule has 4 heteroatoms. The lowest BCUT2D eigenvalue weighted by Gasteiger charge is -2.27. The van der Waals surface area contributed by atoms with Crippen molar-refractivity contribution in [2.24, 2.45) is 5.92 Å². The van der Waals surface area contributed by atoms with Gasteiger partial charge in [-0.25, -0.2) is 4.39 Å². The summed E-state index contributed by atoms with van der Waals surface area (Å²) in [6, 6.07) is 4.55. The average molecular weight is 253 g/mol. The van der Waals surface area contributed by atoms with Gasteiger partial charge in [0.1, 0.15) is 0 Å². The van der Waals surface area contributed by atoms with Gasteiger partial charge in [0.25, 0.3) is 0 Å². The monoisotopic (exact) mass is 253 g/mol. The predicted octanol–water partition coefficient (Wildman–Crippen LogP) is 2.39. The van der Waals surface area contributed by atoms with Gasteiger partial charge in [0.05, 0.1) is 6.61 Å². The lowest BCUT2D eigenvalue weighted by atomic mass is 10.0. The van der Waals surface area contributed by atoms with Crippen molar-refractivity contribution in [3.63, 3.8) is 0 Å². The van der Waals surface area contributed by atoms with Crippen LogP contribution in [-0.4, -0.2) is 36.8 Å². The Morgan fingerprint density at radius 1 is 1.50 bits per heavy atom. The van der Waals surface area contributed by atoms with Crippen LogP contribution in [0.25, 0.3) is 0 Å². The molecule has 1 saturated heterocycles. The zero-order valence-electron chi connectivity index (χ0n) is 10.7. The Kier molecular flexibility index (Phi) is 4.55. The quantitative estimate of drug-likeness (QED) is 0.894. The van der Waals surface area contributed by atoms with Crippen molar-refractivity contribution in [1.82, 2.24) is 4.90 Å². The zero-order valence-corrected chi connectivity index (χ0v) is 10.7. The molecule has 1 aliphatic heterocycles. The van der Waals surface area contributed by atoms with Crippen LogP contribution in [0.4, 0.5) is 4.39 Å². The molecule has 1 fully saturated rings. The second kappa shape index (κ2) is 6.16. The molecule has 1 heterocycles. The van der Waals surface area contributed by atoms with Gasteiger partial charge in [-0.1, -0.05) is 6.07 Å². The molecule has 0 radical (unpaired) electrons. The second-order valence-electron chi connectivity index (χ2n) is 5.07. The van der Waals surface area contributed by atoms with Crippen LogP contribution in [0.5, 0.6) is 5.75 Å². The summed E-state index contributed by atoms with van der Waals surface area (Å²) in [6.07, 6.45) is 2.33. The van der Waals surface area contributed by atoms with Gasteiger partial charge in [-0.3, -0.25) is 0 Å². The third-order valence-corrected chi connectivity index (χ3v) is 3.29. The van der Waals surface area contributed by atoms with Gasteiger partial charge in [-0.15, -0.1) is 0 Å². The Hall–Kier alpha value is -1.13. The molecule has 0 aliphatic carbocycles. The average Bonchev–Trinajstić information content (AvgIpc) is 2.35. The second-order valence-corrected chi connectivity index (χ2v) is 5.07. The third kappa shape index (κ3) is 3.68. The summed E-state index contributed by atoms with van der Waals surface area (Å²) >= 11 is 0. The zero-order chi connectivity index (χ0) is 13.0. The number of halogens is 1. The lowest BCUT2D eigenvalue weighted by Crippen LogP contribution is -2.30. The van der Waals surface area contributed by atoms with Crippen LogP contribution >= 0.6 is 0 Å². The summed E-state index contributed by atoms with van der Waals surface area (Å²) in [4.78, 5) is 2.17. The third-order valence-electron chi connectivity index (χ3n) is 3.29. The van der Waals surface area contributed by atoms with Gasteiger partial charge in [-0.2, -0.15) is 0 Å². The van der Waals surface area contributed by atoms with Gasteiger partial charge in [0, 0.05) is 19.7 Å². The van der Waals surface area contributed by atoms with E-state index in [9.17, 15) is 4.39 Å². The number of phenolic OH excluding ortho intramolecular Hbond substituents is 1. The first-order chi connectivity index (χ1) is 8.65. The number of hydrogen-bond donors (Lipinski definition) is 1. The molecule has 1 aromatic rings. The molecule has 18 heavy (non-hydrogen) atoms. The van der Waals surface area contributed by atoms with Crippen LogP contribution in [-0.2, 0) is 11.3 Å². The predicted molar refractivity (Wildman–Crippen MR) is 67.9 cm³/mol. The maximum atomic E-state index is 13.2. The number of ether oxygens (including phenoxy) is 1. The largest absolute Gasteiger partial charge is 0.505 e. The molecule has 1 atom stereocenters. The summed E-state index contributed by atoms with van der Waals surface area (Å²) in [5, 5.41) is 9.13. The molecule has 1 aliphatic rings. The van der Waals surface area contributed by atoms with E-state index in [1.807, 2.05) is 7.05 Å². The van der Waals surface area contributed by atoms with Crippen LogP contribution in [0.1, 0.15) is 18.4 Å². The van der Waals surface area contributed by atoms with E-state index in [4.69, 9.17) is 9.84 Å². The van der Waals surface area contributed by atoms with E-state index in [1.165, 1.54) is 18.6 Å². The highest BCUT2D eigenvalue weighted by Gasteiger charge is 2.16. The number of nitrogens with zero attached hydrogens (tertiary/aromatic N) is 1. The van der Waals surface area contributed by atoms with Gasteiger partial charge in [-0.05, 0) is 43.5 Å². The molecule has 1 unspecified atom stereocenters.